The molecule has 4 rings (SSSR count). The van der Waals surface area contributed by atoms with Crippen molar-refractivity contribution in [3.63, 3.8) is 0 Å². The molecule has 0 nitrogen and oxygen atoms in total. The Balaban J connectivity index is 2.06. The molecule has 8 heavy (non-hydrogen) atoms. The molecule has 4 fully saturated rings. The first-order chi connectivity index (χ1) is 3.83. The summed E-state index contributed by atoms with van der Waals surface area (Å²) in [4.78, 5) is 0. The second-order valence-electron chi connectivity index (χ2n) is 4.14. The summed E-state index contributed by atoms with van der Waals surface area (Å²) in [6.45, 7) is 2.44. The molecule has 4 saturated carbocycles. The Morgan fingerprint density at radius 2 is 2.12 bits per heavy atom. The van der Waals surface area contributed by atoms with E-state index in [0.29, 0.717) is 0 Å². The minimum Gasteiger partial charge on any atom is -0.0617 e. The van der Waals surface area contributed by atoms with E-state index in [1.807, 2.05) is 0 Å². The van der Waals surface area contributed by atoms with Crippen LogP contribution in [-0.2, 0) is 0 Å². The van der Waals surface area contributed by atoms with Gasteiger partial charge in [0.1, 0.15) is 0 Å². The number of rotatable bonds is 0. The van der Waals surface area contributed by atoms with Crippen LogP contribution in [0.4, 0.5) is 0 Å². The van der Waals surface area contributed by atoms with Gasteiger partial charge < -0.3 is 0 Å². The molecular weight excluding hydrogens is 96.1 g/mol. The van der Waals surface area contributed by atoms with Crippen molar-refractivity contribution in [2.24, 2.45) is 23.2 Å². The maximum absolute atomic E-state index is 2.44. The highest BCUT2D eigenvalue weighted by Crippen LogP contribution is 2.80. The van der Waals surface area contributed by atoms with Crippen molar-refractivity contribution in [2.75, 3.05) is 0 Å². The molecule has 0 radical (unpaired) electrons. The van der Waals surface area contributed by atoms with Crippen molar-refractivity contribution in [1.29, 1.82) is 0 Å². The van der Waals surface area contributed by atoms with Gasteiger partial charge in [0.05, 0.1) is 0 Å². The zero-order valence-corrected chi connectivity index (χ0v) is 5.35. The highest BCUT2D eigenvalue weighted by atomic mass is 14.8. The van der Waals surface area contributed by atoms with Crippen molar-refractivity contribution in [2.45, 2.75) is 26.2 Å². The van der Waals surface area contributed by atoms with Gasteiger partial charge in [-0.25, -0.2) is 0 Å². The normalized spacial score (nSPS) is 73.9. The minimum atomic E-state index is 0.963. The maximum atomic E-state index is 2.44. The zero-order chi connectivity index (χ0) is 5.35. The first-order valence-electron chi connectivity index (χ1n) is 3.83. The smallest absolute Gasteiger partial charge is 0.0233 e. The third kappa shape index (κ3) is 0.191. The van der Waals surface area contributed by atoms with Gasteiger partial charge >= 0.3 is 0 Å². The molecule has 0 heterocycles. The van der Waals surface area contributed by atoms with Gasteiger partial charge in [0, 0.05) is 0 Å². The first kappa shape index (κ1) is 3.92. The maximum Gasteiger partial charge on any atom is -0.0233 e. The quantitative estimate of drug-likeness (QED) is 0.445. The highest BCUT2D eigenvalue weighted by molar-refractivity contribution is 5.22. The number of hydrogen-bond donors (Lipinski definition) is 0. The molecule has 44 valence electrons. The van der Waals surface area contributed by atoms with Crippen LogP contribution in [0.25, 0.3) is 0 Å². The average Bonchev–Trinajstić information content (AvgIpc) is 2.15. The van der Waals surface area contributed by atoms with Gasteiger partial charge in [-0.1, -0.05) is 6.92 Å². The fourth-order valence-corrected chi connectivity index (χ4v) is 3.46. The second kappa shape index (κ2) is 0.778. The fourth-order valence-electron chi connectivity index (χ4n) is 3.46. The zero-order valence-electron chi connectivity index (χ0n) is 5.35. The Labute approximate surface area is 50.3 Å². The van der Waals surface area contributed by atoms with Crippen LogP contribution in [0.1, 0.15) is 26.2 Å². The Morgan fingerprint density at radius 3 is 2.38 bits per heavy atom. The van der Waals surface area contributed by atoms with E-state index in [1.54, 1.807) is 19.3 Å². The van der Waals surface area contributed by atoms with Crippen molar-refractivity contribution < 1.29 is 0 Å². The van der Waals surface area contributed by atoms with E-state index < -0.39 is 0 Å². The fraction of sp³-hybridized carbons (Fsp3) is 1.00. The Hall–Kier alpha value is 0. The molecule has 0 aromatic rings. The highest BCUT2D eigenvalue weighted by Gasteiger charge is 2.73. The third-order valence-electron chi connectivity index (χ3n) is 4.06. The average molecular weight is 108 g/mol. The largest absolute Gasteiger partial charge is 0.0617 e. The number of hydrogen-bond acceptors (Lipinski definition) is 0. The first-order valence-corrected chi connectivity index (χ1v) is 3.83. The molecule has 2 bridgehead atoms. The lowest BCUT2D eigenvalue weighted by atomic mass is 9.75. The molecule has 0 aromatic carbocycles. The van der Waals surface area contributed by atoms with E-state index in [-0.39, 0.29) is 0 Å². The van der Waals surface area contributed by atoms with Crippen LogP contribution in [0, 0.1) is 23.2 Å². The minimum absolute atomic E-state index is 0.963. The molecular formula is C8H12. The molecule has 4 aliphatic rings. The predicted octanol–water partition coefficient (Wildman–Crippen LogP) is 2.05. The Morgan fingerprint density at radius 1 is 1.38 bits per heavy atom. The molecule has 0 saturated heterocycles. The van der Waals surface area contributed by atoms with E-state index in [4.69, 9.17) is 0 Å². The van der Waals surface area contributed by atoms with Gasteiger partial charge in [-0.05, 0) is 42.4 Å². The van der Waals surface area contributed by atoms with Crippen molar-refractivity contribution in [3.05, 3.63) is 0 Å². The topological polar surface area (TPSA) is 0 Å². The predicted molar refractivity (Wildman–Crippen MR) is 32.4 cm³/mol. The summed E-state index contributed by atoms with van der Waals surface area (Å²) in [7, 11) is 0. The Bertz CT molecular complexity index is 139. The molecule has 2 unspecified atom stereocenters. The standard InChI is InChI=1S/C8H12/c1-5-7-2-6-3-8(5,7)4-6/h5-7H,2-4H2,1H3. The molecule has 0 amide bonds. The van der Waals surface area contributed by atoms with Gasteiger partial charge in [-0.15, -0.1) is 0 Å². The monoisotopic (exact) mass is 108 g/mol. The summed E-state index contributed by atoms with van der Waals surface area (Å²) in [6.07, 6.45) is 4.82. The van der Waals surface area contributed by atoms with E-state index in [1.165, 1.54) is 11.8 Å². The van der Waals surface area contributed by atoms with Gasteiger partial charge in [0.15, 0.2) is 0 Å². The van der Waals surface area contributed by atoms with Gasteiger partial charge in [-0.3, -0.25) is 0 Å². The van der Waals surface area contributed by atoms with E-state index >= 15 is 0 Å². The van der Waals surface area contributed by atoms with E-state index in [9.17, 15) is 0 Å². The van der Waals surface area contributed by atoms with Crippen LogP contribution < -0.4 is 0 Å². The summed E-state index contributed by atoms with van der Waals surface area (Å²) in [5.41, 5.74) is 0.963. The van der Waals surface area contributed by atoms with Gasteiger partial charge in [-0.2, -0.15) is 0 Å². The van der Waals surface area contributed by atoms with Crippen molar-refractivity contribution in [1.82, 2.24) is 0 Å². The summed E-state index contributed by atoms with van der Waals surface area (Å²) in [6, 6.07) is 0. The third-order valence-corrected chi connectivity index (χ3v) is 4.06. The van der Waals surface area contributed by atoms with Crippen LogP contribution >= 0.6 is 0 Å². The molecule has 0 aromatic heterocycles. The molecule has 2 atom stereocenters. The van der Waals surface area contributed by atoms with Gasteiger partial charge in [0.2, 0.25) is 0 Å². The molecule has 0 aliphatic heterocycles. The summed E-state index contributed by atoms with van der Waals surface area (Å²) in [5.74, 6) is 3.52. The lowest BCUT2D eigenvalue weighted by molar-refractivity contribution is 0.200. The summed E-state index contributed by atoms with van der Waals surface area (Å²) < 4.78 is 0. The van der Waals surface area contributed by atoms with Crippen molar-refractivity contribution >= 4 is 0 Å². The van der Waals surface area contributed by atoms with Crippen LogP contribution in [0.15, 0.2) is 0 Å². The van der Waals surface area contributed by atoms with Crippen LogP contribution in [-0.4, -0.2) is 0 Å². The SMILES string of the molecule is CC1C2CC3CC12C3. The lowest BCUT2D eigenvalue weighted by Crippen LogP contribution is -2.20. The van der Waals surface area contributed by atoms with Crippen LogP contribution in [0.2, 0.25) is 0 Å². The van der Waals surface area contributed by atoms with Crippen LogP contribution in [0.3, 0.4) is 0 Å². The molecule has 1 spiro atoms. The van der Waals surface area contributed by atoms with Crippen LogP contribution in [0.5, 0.6) is 0 Å². The van der Waals surface area contributed by atoms with Crippen molar-refractivity contribution in [3.8, 4) is 0 Å². The van der Waals surface area contributed by atoms with Gasteiger partial charge in [0.25, 0.3) is 0 Å². The molecule has 0 heteroatoms. The van der Waals surface area contributed by atoms with E-state index in [2.05, 4.69) is 6.92 Å². The summed E-state index contributed by atoms with van der Waals surface area (Å²) in [5, 5.41) is 0. The second-order valence-corrected chi connectivity index (χ2v) is 4.14. The Kier molecular flexibility index (Phi) is 0.381. The lowest BCUT2D eigenvalue weighted by Gasteiger charge is -2.30. The molecule has 4 aliphatic carbocycles. The molecule has 0 N–H and O–H groups in total. The van der Waals surface area contributed by atoms with E-state index in [0.717, 1.165) is 11.3 Å². The summed E-state index contributed by atoms with van der Waals surface area (Å²) >= 11 is 0.